The minimum atomic E-state index is -0.294. The van der Waals surface area contributed by atoms with Crippen LogP contribution in [0.1, 0.15) is 37.2 Å². The number of ether oxygens (including phenoxy) is 1. The molecule has 4 heteroatoms. The van der Waals surface area contributed by atoms with Gasteiger partial charge in [0, 0.05) is 12.7 Å². The molecule has 0 bridgehead atoms. The number of aryl methyl sites for hydroxylation is 1. The van der Waals surface area contributed by atoms with Crippen molar-refractivity contribution >= 4 is 17.6 Å². The molecule has 0 amide bonds. The quantitative estimate of drug-likeness (QED) is 0.574. The van der Waals surface area contributed by atoms with E-state index in [0.717, 1.165) is 12.8 Å². The van der Waals surface area contributed by atoms with E-state index in [1.807, 2.05) is 6.92 Å². The van der Waals surface area contributed by atoms with Crippen LogP contribution in [0.15, 0.2) is 12.3 Å². The highest BCUT2D eigenvalue weighted by Gasteiger charge is 2.13. The van der Waals surface area contributed by atoms with Gasteiger partial charge >= 0.3 is 5.97 Å². The number of rotatable bonds is 5. The Bertz CT molecular complexity index is 333. The average Bonchev–Trinajstić information content (AvgIpc) is 2.60. The fraction of sp³-hybridized carbons (Fsp3) is 0.545. The zero-order valence-corrected chi connectivity index (χ0v) is 9.88. The minimum Gasteiger partial charge on any atom is -0.461 e. The Balaban J connectivity index is 2.64. The monoisotopic (exact) mass is 229 g/mol. The lowest BCUT2D eigenvalue weighted by molar-refractivity contribution is 0.0487. The van der Waals surface area contributed by atoms with Crippen molar-refractivity contribution in [2.24, 2.45) is 0 Å². The van der Waals surface area contributed by atoms with Crippen LogP contribution in [0.3, 0.4) is 0 Å². The highest BCUT2D eigenvalue weighted by Crippen LogP contribution is 2.15. The van der Waals surface area contributed by atoms with Gasteiger partial charge in [0.1, 0.15) is 5.69 Å². The summed E-state index contributed by atoms with van der Waals surface area (Å²) < 4.78 is 6.89. The third-order valence-corrected chi connectivity index (χ3v) is 2.35. The first-order valence-corrected chi connectivity index (χ1v) is 5.59. The first kappa shape index (κ1) is 12.1. The number of carbonyl (C=O) groups is 1. The highest BCUT2D eigenvalue weighted by atomic mass is 35.5. The van der Waals surface area contributed by atoms with Gasteiger partial charge in [0.15, 0.2) is 0 Å². The van der Waals surface area contributed by atoms with Crippen molar-refractivity contribution in [2.75, 3.05) is 6.61 Å². The predicted octanol–water partition coefficient (Wildman–Crippen LogP) is 3.12. The van der Waals surface area contributed by atoms with Gasteiger partial charge in [-0.3, -0.25) is 0 Å². The Morgan fingerprint density at radius 1 is 1.53 bits per heavy atom. The number of halogens is 1. The van der Waals surface area contributed by atoms with E-state index in [1.54, 1.807) is 16.8 Å². The summed E-state index contributed by atoms with van der Waals surface area (Å²) in [4.78, 5) is 11.6. The first-order chi connectivity index (χ1) is 7.19. The largest absolute Gasteiger partial charge is 0.461 e. The second-order valence-electron chi connectivity index (χ2n) is 3.32. The molecular weight excluding hydrogens is 214 g/mol. The third-order valence-electron chi connectivity index (χ3n) is 2.14. The van der Waals surface area contributed by atoms with Crippen LogP contribution < -0.4 is 0 Å². The predicted molar refractivity (Wildman–Crippen MR) is 60.3 cm³/mol. The molecule has 0 fully saturated rings. The maximum atomic E-state index is 11.6. The maximum absolute atomic E-state index is 11.6. The van der Waals surface area contributed by atoms with Crippen LogP contribution in [0.25, 0.3) is 0 Å². The molecule has 0 spiro atoms. The van der Waals surface area contributed by atoms with Gasteiger partial charge < -0.3 is 9.30 Å². The molecule has 0 atom stereocenters. The molecule has 0 aromatic carbocycles. The molecule has 3 nitrogen and oxygen atoms in total. The van der Waals surface area contributed by atoms with Crippen molar-refractivity contribution < 1.29 is 9.53 Å². The van der Waals surface area contributed by atoms with Gasteiger partial charge in [-0.15, -0.1) is 0 Å². The zero-order chi connectivity index (χ0) is 11.3. The van der Waals surface area contributed by atoms with Crippen molar-refractivity contribution in [3.8, 4) is 0 Å². The Morgan fingerprint density at radius 2 is 2.27 bits per heavy atom. The van der Waals surface area contributed by atoms with Crippen LogP contribution in [0.4, 0.5) is 0 Å². The number of hydrogen-bond acceptors (Lipinski definition) is 2. The fourth-order valence-corrected chi connectivity index (χ4v) is 1.51. The Kier molecular flexibility index (Phi) is 4.69. The molecule has 1 heterocycles. The molecule has 0 aliphatic heterocycles. The Morgan fingerprint density at radius 3 is 2.87 bits per heavy atom. The number of nitrogens with zero attached hydrogens (tertiary/aromatic N) is 1. The number of hydrogen-bond donors (Lipinski definition) is 0. The lowest BCUT2D eigenvalue weighted by Gasteiger charge is -2.06. The van der Waals surface area contributed by atoms with E-state index in [9.17, 15) is 4.79 Å². The third kappa shape index (κ3) is 3.27. The molecule has 15 heavy (non-hydrogen) atoms. The van der Waals surface area contributed by atoms with E-state index >= 15 is 0 Å². The van der Waals surface area contributed by atoms with Crippen molar-refractivity contribution in [1.82, 2.24) is 4.57 Å². The van der Waals surface area contributed by atoms with Gasteiger partial charge in [0.25, 0.3) is 0 Å². The molecule has 84 valence electrons. The summed E-state index contributed by atoms with van der Waals surface area (Å²) in [6, 6.07) is 1.64. The van der Waals surface area contributed by atoms with Crippen molar-refractivity contribution in [1.29, 1.82) is 0 Å². The molecule has 1 aromatic heterocycles. The Labute approximate surface area is 95.0 Å². The van der Waals surface area contributed by atoms with Crippen LogP contribution in [-0.2, 0) is 11.3 Å². The smallest absolute Gasteiger partial charge is 0.354 e. The van der Waals surface area contributed by atoms with Gasteiger partial charge in [0.05, 0.1) is 11.6 Å². The van der Waals surface area contributed by atoms with Crippen LogP contribution in [-0.4, -0.2) is 17.1 Å². The maximum Gasteiger partial charge on any atom is 0.354 e. The summed E-state index contributed by atoms with van der Waals surface area (Å²) in [5.74, 6) is -0.294. The number of carbonyl (C=O) groups excluding carboxylic acids is 1. The molecule has 0 aliphatic rings. The normalized spacial score (nSPS) is 10.3. The summed E-state index contributed by atoms with van der Waals surface area (Å²) in [6.45, 7) is 5.20. The van der Waals surface area contributed by atoms with E-state index < -0.39 is 0 Å². The standard InChI is InChI=1S/C11H16ClNO2/c1-3-5-6-15-11(14)10-7-9(12)8-13(10)4-2/h7-8H,3-6H2,1-2H3. The van der Waals surface area contributed by atoms with Gasteiger partial charge in [-0.25, -0.2) is 4.79 Å². The summed E-state index contributed by atoms with van der Waals surface area (Å²) in [5.41, 5.74) is 0.526. The molecule has 0 saturated heterocycles. The van der Waals surface area contributed by atoms with E-state index in [1.165, 1.54) is 0 Å². The van der Waals surface area contributed by atoms with Gasteiger partial charge in [-0.1, -0.05) is 24.9 Å². The molecule has 0 saturated carbocycles. The minimum absolute atomic E-state index is 0.294. The second kappa shape index (κ2) is 5.81. The lowest BCUT2D eigenvalue weighted by Crippen LogP contribution is -2.11. The molecule has 0 unspecified atom stereocenters. The van der Waals surface area contributed by atoms with Gasteiger partial charge in [-0.2, -0.15) is 0 Å². The van der Waals surface area contributed by atoms with Crippen LogP contribution >= 0.6 is 11.6 Å². The van der Waals surface area contributed by atoms with Crippen molar-refractivity contribution in [2.45, 2.75) is 33.2 Å². The second-order valence-corrected chi connectivity index (χ2v) is 3.76. The topological polar surface area (TPSA) is 31.2 Å². The molecule has 0 radical (unpaired) electrons. The number of unbranched alkanes of at least 4 members (excludes halogenated alkanes) is 1. The van der Waals surface area contributed by atoms with E-state index in [0.29, 0.717) is 23.9 Å². The first-order valence-electron chi connectivity index (χ1n) is 5.21. The summed E-state index contributed by atoms with van der Waals surface area (Å²) >= 11 is 5.82. The molecule has 1 aromatic rings. The van der Waals surface area contributed by atoms with E-state index in [-0.39, 0.29) is 5.97 Å². The van der Waals surface area contributed by atoms with Crippen LogP contribution in [0, 0.1) is 0 Å². The summed E-state index contributed by atoms with van der Waals surface area (Å²) in [5, 5.41) is 0.569. The van der Waals surface area contributed by atoms with Crippen LogP contribution in [0.2, 0.25) is 5.02 Å². The van der Waals surface area contributed by atoms with E-state index in [4.69, 9.17) is 16.3 Å². The number of esters is 1. The van der Waals surface area contributed by atoms with Crippen molar-refractivity contribution in [3.05, 3.63) is 23.0 Å². The van der Waals surface area contributed by atoms with Gasteiger partial charge in [-0.05, 0) is 19.4 Å². The molecule has 0 N–H and O–H groups in total. The van der Waals surface area contributed by atoms with E-state index in [2.05, 4.69) is 6.92 Å². The lowest BCUT2D eigenvalue weighted by atomic mass is 10.3. The Hall–Kier alpha value is -0.960. The van der Waals surface area contributed by atoms with Gasteiger partial charge in [0.2, 0.25) is 0 Å². The average molecular weight is 230 g/mol. The number of aromatic nitrogens is 1. The molecule has 0 aliphatic carbocycles. The summed E-state index contributed by atoms with van der Waals surface area (Å²) in [7, 11) is 0. The van der Waals surface area contributed by atoms with Crippen molar-refractivity contribution in [3.63, 3.8) is 0 Å². The summed E-state index contributed by atoms with van der Waals surface area (Å²) in [6.07, 6.45) is 3.65. The zero-order valence-electron chi connectivity index (χ0n) is 9.12. The van der Waals surface area contributed by atoms with Crippen LogP contribution in [0.5, 0.6) is 0 Å². The SMILES string of the molecule is CCCCOC(=O)c1cc(Cl)cn1CC. The molecule has 1 rings (SSSR count). The fourth-order valence-electron chi connectivity index (χ4n) is 1.29. The molecular formula is C11H16ClNO2. The highest BCUT2D eigenvalue weighted by molar-refractivity contribution is 6.30.